The molecule has 5 heterocycles. The first-order valence-electron chi connectivity index (χ1n) is 21.6. The van der Waals surface area contributed by atoms with Crippen LogP contribution in [0, 0.1) is 11.6 Å². The molecular weight excluding hydrogens is 927 g/mol. The number of hydrogen-bond donors (Lipinski definition) is 1. The first-order chi connectivity index (χ1) is 32.8. The normalized spacial score (nSPS) is 14.7. The number of Topliss-reactive ketones (excluding diaryl/α,β-unsaturated/α-hetero) is 1. The second kappa shape index (κ2) is 22.8. The van der Waals surface area contributed by atoms with E-state index in [0.29, 0.717) is 48.9 Å². The maximum atomic E-state index is 13.9. The SMILES string of the molecule is CCN1CCN(C(=O)N(Cc2ccc(-c3nnc(C(F)(F)F)o3)cn2)c2cccc(F)c2)CC1.CCN1CCN(C(=O)N(Cc2ccc(C(=O)CNC(=O)C(F)(F)F)cn2)c2cccc(F)c2)CC1. The van der Waals surface area contributed by atoms with Crippen molar-refractivity contribution < 1.29 is 58.7 Å². The van der Waals surface area contributed by atoms with E-state index in [1.807, 2.05) is 6.92 Å². The molecule has 2 aliphatic heterocycles. The summed E-state index contributed by atoms with van der Waals surface area (Å²) in [4.78, 5) is 68.7. The molecule has 0 saturated carbocycles. The summed E-state index contributed by atoms with van der Waals surface area (Å²) in [5.74, 6) is -5.72. The predicted molar refractivity (Wildman–Crippen MR) is 233 cm³/mol. The van der Waals surface area contributed by atoms with E-state index in [0.717, 1.165) is 45.5 Å². The number of hydrogen-bond acceptors (Lipinski definition) is 11. The number of nitrogens with one attached hydrogen (secondary N) is 1. The first-order valence-corrected chi connectivity index (χ1v) is 21.6. The van der Waals surface area contributed by atoms with E-state index in [2.05, 4.69) is 41.3 Å². The largest absolute Gasteiger partial charge is 0.471 e. The van der Waals surface area contributed by atoms with Crippen LogP contribution in [0.4, 0.5) is 56.1 Å². The lowest BCUT2D eigenvalue weighted by molar-refractivity contribution is -0.173. The van der Waals surface area contributed by atoms with Gasteiger partial charge in [0.1, 0.15) is 11.6 Å². The number of nitrogens with zero attached hydrogens (tertiary/aromatic N) is 10. The molecule has 16 nitrogen and oxygen atoms in total. The number of amides is 5. The maximum Gasteiger partial charge on any atom is 0.471 e. The number of likely N-dealkylation sites (N-methyl/N-ethyl adjacent to an activating group) is 2. The Hall–Kier alpha value is -7.08. The summed E-state index contributed by atoms with van der Waals surface area (Å²) >= 11 is 0. The van der Waals surface area contributed by atoms with E-state index in [1.54, 1.807) is 28.0 Å². The van der Waals surface area contributed by atoms with E-state index < -0.39 is 48.1 Å². The minimum absolute atomic E-state index is 0.00413. The fourth-order valence-electron chi connectivity index (χ4n) is 7.15. The lowest BCUT2D eigenvalue weighted by Crippen LogP contribution is -2.52. The van der Waals surface area contributed by atoms with Crippen LogP contribution in [0.5, 0.6) is 0 Å². The van der Waals surface area contributed by atoms with Gasteiger partial charge in [-0.25, -0.2) is 18.4 Å². The van der Waals surface area contributed by atoms with Crippen LogP contribution in [0.1, 0.15) is 41.5 Å². The van der Waals surface area contributed by atoms with Crippen molar-refractivity contribution in [3.05, 3.63) is 120 Å². The first kappa shape index (κ1) is 51.3. The van der Waals surface area contributed by atoms with Gasteiger partial charge >= 0.3 is 36.2 Å². The molecule has 24 heteroatoms. The van der Waals surface area contributed by atoms with Gasteiger partial charge in [-0.05, 0) is 73.8 Å². The average molecular weight is 974 g/mol. The number of aromatic nitrogens is 4. The zero-order valence-corrected chi connectivity index (χ0v) is 37.3. The second-order valence-corrected chi connectivity index (χ2v) is 15.6. The highest BCUT2D eigenvalue weighted by Crippen LogP contribution is 2.30. The number of urea groups is 2. The molecule has 0 unspecified atom stereocenters. The summed E-state index contributed by atoms with van der Waals surface area (Å²) in [6.07, 6.45) is -7.38. The van der Waals surface area contributed by atoms with Crippen molar-refractivity contribution in [2.75, 3.05) is 81.8 Å². The van der Waals surface area contributed by atoms with Crippen molar-refractivity contribution in [3.63, 3.8) is 0 Å². The maximum absolute atomic E-state index is 13.9. The molecule has 0 aliphatic carbocycles. The van der Waals surface area contributed by atoms with Crippen molar-refractivity contribution in [1.29, 1.82) is 0 Å². The van der Waals surface area contributed by atoms with Gasteiger partial charge in [-0.3, -0.25) is 29.4 Å². The number of ketones is 1. The molecule has 2 saturated heterocycles. The Kier molecular flexibility index (Phi) is 17.0. The van der Waals surface area contributed by atoms with Crippen molar-refractivity contribution in [2.24, 2.45) is 0 Å². The number of benzene rings is 2. The van der Waals surface area contributed by atoms with E-state index >= 15 is 0 Å². The van der Waals surface area contributed by atoms with Crippen LogP contribution < -0.4 is 15.1 Å². The molecule has 0 spiro atoms. The molecule has 2 fully saturated rings. The Bertz CT molecular complexity index is 2530. The number of piperazine rings is 2. The molecule has 7 rings (SSSR count). The van der Waals surface area contributed by atoms with Gasteiger partial charge in [0.05, 0.1) is 36.6 Å². The Morgan fingerprint density at radius 3 is 1.54 bits per heavy atom. The highest BCUT2D eigenvalue weighted by molar-refractivity contribution is 5.99. The highest BCUT2D eigenvalue weighted by atomic mass is 19.4. The second-order valence-electron chi connectivity index (χ2n) is 15.6. The molecule has 5 aromatic rings. The smallest absolute Gasteiger partial charge is 0.413 e. The Labute approximate surface area is 390 Å². The molecule has 0 atom stereocenters. The third kappa shape index (κ3) is 14.0. The van der Waals surface area contributed by atoms with Crippen LogP contribution in [-0.4, -0.2) is 142 Å². The topological polar surface area (TPSA) is 164 Å². The third-order valence-corrected chi connectivity index (χ3v) is 11.1. The summed E-state index contributed by atoms with van der Waals surface area (Å²) in [5, 5.41) is 7.93. The fraction of sp³-hybridized carbons (Fsp3) is 0.378. The molecule has 2 aliphatic rings. The summed E-state index contributed by atoms with van der Waals surface area (Å²) in [6.45, 7) is 10.1. The van der Waals surface area contributed by atoms with Crippen LogP contribution in [-0.2, 0) is 24.1 Å². The number of anilines is 2. The molecular formula is C45H47F8N11O5. The Balaban J connectivity index is 0.000000227. The molecule has 368 valence electrons. The molecule has 2 aromatic carbocycles. The summed E-state index contributed by atoms with van der Waals surface area (Å²) in [6, 6.07) is 16.5. The Morgan fingerprint density at radius 1 is 0.652 bits per heavy atom. The van der Waals surface area contributed by atoms with Crippen molar-refractivity contribution in [2.45, 2.75) is 39.3 Å². The summed E-state index contributed by atoms with van der Waals surface area (Å²) in [7, 11) is 0. The molecule has 0 radical (unpaired) electrons. The van der Waals surface area contributed by atoms with Gasteiger partial charge in [-0.1, -0.05) is 26.0 Å². The lowest BCUT2D eigenvalue weighted by Gasteiger charge is -2.37. The minimum atomic E-state index is -5.08. The van der Waals surface area contributed by atoms with Crippen molar-refractivity contribution in [3.8, 4) is 11.5 Å². The highest BCUT2D eigenvalue weighted by Gasteiger charge is 2.39. The third-order valence-electron chi connectivity index (χ3n) is 11.1. The van der Waals surface area contributed by atoms with Crippen LogP contribution >= 0.6 is 0 Å². The zero-order chi connectivity index (χ0) is 49.9. The number of carbonyl (C=O) groups excluding carboxylic acids is 4. The number of alkyl halides is 6. The van der Waals surface area contributed by atoms with Gasteiger partial charge in [-0.2, -0.15) is 26.3 Å². The van der Waals surface area contributed by atoms with Crippen LogP contribution in [0.25, 0.3) is 11.5 Å². The minimum Gasteiger partial charge on any atom is -0.413 e. The van der Waals surface area contributed by atoms with Crippen molar-refractivity contribution >= 4 is 35.1 Å². The van der Waals surface area contributed by atoms with Crippen molar-refractivity contribution in [1.82, 2.24) is 45.1 Å². The quantitative estimate of drug-likeness (QED) is 0.102. The van der Waals surface area contributed by atoms with Crippen LogP contribution in [0.3, 0.4) is 0 Å². The molecule has 0 bridgehead atoms. The molecule has 69 heavy (non-hydrogen) atoms. The predicted octanol–water partition coefficient (Wildman–Crippen LogP) is 6.90. The van der Waals surface area contributed by atoms with E-state index in [4.69, 9.17) is 0 Å². The van der Waals surface area contributed by atoms with Crippen LogP contribution in [0.2, 0.25) is 0 Å². The fourth-order valence-corrected chi connectivity index (χ4v) is 7.15. The van der Waals surface area contributed by atoms with Gasteiger partial charge in [0.25, 0.3) is 0 Å². The average Bonchev–Trinajstić information content (AvgIpc) is 3.86. The summed E-state index contributed by atoms with van der Waals surface area (Å²) in [5.41, 5.74) is 1.74. The van der Waals surface area contributed by atoms with E-state index in [9.17, 15) is 54.3 Å². The molecule has 3 aromatic heterocycles. The van der Waals surface area contributed by atoms with Gasteiger partial charge in [0, 0.05) is 81.7 Å². The lowest BCUT2D eigenvalue weighted by atomic mass is 10.1. The standard InChI is InChI=1S/C23H25F4N5O3.C22H22F4N6O2/c1-2-30-8-10-31(11-9-30)22(35)32(19-5-3-4-17(24)12-19)15-18-7-6-16(13-28-18)20(33)14-29-21(34)23(25,26)27;1-2-30-8-10-31(11-9-30)21(33)32(18-5-3-4-16(23)12-18)14-17-7-6-15(13-27-17)19-28-29-20(34-19)22(24,25)26/h3-7,12-13H,2,8-11,14-15H2,1H3,(H,29,34);3-7,12-13H,2,8-11,14H2,1H3. The van der Waals surface area contributed by atoms with Gasteiger partial charge in [0.15, 0.2) is 5.78 Å². The Morgan fingerprint density at radius 2 is 1.14 bits per heavy atom. The number of carbonyl (C=O) groups is 4. The monoisotopic (exact) mass is 973 g/mol. The van der Waals surface area contributed by atoms with E-state index in [-0.39, 0.29) is 42.2 Å². The summed E-state index contributed by atoms with van der Waals surface area (Å²) < 4.78 is 107. The van der Waals surface area contributed by atoms with Gasteiger partial charge < -0.3 is 29.3 Å². The number of pyridine rings is 2. The molecule has 5 amide bonds. The van der Waals surface area contributed by atoms with Crippen LogP contribution in [0.15, 0.2) is 89.6 Å². The van der Waals surface area contributed by atoms with Gasteiger partial charge in [0.2, 0.25) is 5.89 Å². The molecule has 1 N–H and O–H groups in total. The number of rotatable bonds is 12. The number of halogens is 8. The van der Waals surface area contributed by atoms with E-state index in [1.165, 1.54) is 75.9 Å². The van der Waals surface area contributed by atoms with Gasteiger partial charge in [-0.15, -0.1) is 10.2 Å². The zero-order valence-electron chi connectivity index (χ0n) is 37.3.